The third-order valence-corrected chi connectivity index (χ3v) is 5.02. The molecule has 152 valence electrons. The zero-order valence-corrected chi connectivity index (χ0v) is 17.0. The molecule has 0 spiro atoms. The van der Waals surface area contributed by atoms with E-state index >= 15 is 0 Å². The fraction of sp³-hybridized carbons (Fsp3) is 1.00. The van der Waals surface area contributed by atoms with Gasteiger partial charge in [0.15, 0.2) is 0 Å². The van der Waals surface area contributed by atoms with Crippen molar-refractivity contribution in [2.75, 3.05) is 26.3 Å². The first-order chi connectivity index (χ1) is 12.4. The molecule has 0 fully saturated rings. The molecule has 0 aliphatic heterocycles. The van der Waals surface area contributed by atoms with E-state index in [-0.39, 0.29) is 0 Å². The second-order valence-corrected chi connectivity index (χ2v) is 7.56. The van der Waals surface area contributed by atoms with Gasteiger partial charge >= 0.3 is 0 Å². The molecule has 3 heteroatoms. The second-order valence-electron chi connectivity index (χ2n) is 7.56. The Labute approximate surface area is 158 Å². The van der Waals surface area contributed by atoms with E-state index in [1.807, 2.05) is 0 Å². The monoisotopic (exact) mass is 357 g/mol. The topological polar surface area (TPSA) is 52.5 Å². The van der Waals surface area contributed by atoms with Crippen LogP contribution in [0.1, 0.15) is 116 Å². The molecule has 3 nitrogen and oxygen atoms in total. The first-order valence-electron chi connectivity index (χ1n) is 11.3. The summed E-state index contributed by atoms with van der Waals surface area (Å²) < 4.78 is 0. The Morgan fingerprint density at radius 2 is 0.560 bits per heavy atom. The van der Waals surface area contributed by atoms with E-state index in [9.17, 15) is 0 Å². The van der Waals surface area contributed by atoms with Gasteiger partial charge in [-0.1, -0.05) is 89.9 Å². The van der Waals surface area contributed by atoms with Gasteiger partial charge in [-0.05, 0) is 38.8 Å². The third-order valence-electron chi connectivity index (χ3n) is 5.02. The summed E-state index contributed by atoms with van der Waals surface area (Å²) in [6, 6.07) is 0. The molecule has 0 aliphatic rings. The fourth-order valence-electron chi connectivity index (χ4n) is 3.32. The van der Waals surface area contributed by atoms with Crippen molar-refractivity contribution in [3.63, 3.8) is 0 Å². The largest absolute Gasteiger partial charge is 0.396 e. The number of aliphatic hydroxyl groups is 2. The average molecular weight is 358 g/mol. The van der Waals surface area contributed by atoms with Gasteiger partial charge in [0, 0.05) is 13.2 Å². The van der Waals surface area contributed by atoms with Crippen molar-refractivity contribution < 1.29 is 10.2 Å². The first kappa shape index (κ1) is 24.9. The maximum Gasteiger partial charge on any atom is 0.0431 e. The lowest BCUT2D eigenvalue weighted by atomic mass is 10.1. The summed E-state index contributed by atoms with van der Waals surface area (Å²) in [6.07, 6.45) is 23.4. The predicted molar refractivity (Wildman–Crippen MR) is 110 cm³/mol. The van der Waals surface area contributed by atoms with Crippen LogP contribution in [0.3, 0.4) is 0 Å². The Bertz CT molecular complexity index is 202. The molecule has 0 unspecified atom stereocenters. The average Bonchev–Trinajstić information content (AvgIpc) is 2.63. The zero-order chi connectivity index (χ0) is 18.3. The molecule has 0 aromatic carbocycles. The van der Waals surface area contributed by atoms with Crippen molar-refractivity contribution >= 4 is 0 Å². The number of aliphatic hydroxyl groups excluding tert-OH is 2. The molecule has 0 saturated heterocycles. The van der Waals surface area contributed by atoms with Crippen LogP contribution >= 0.6 is 0 Å². The molecule has 0 aromatic rings. The molecule has 3 N–H and O–H groups in total. The van der Waals surface area contributed by atoms with Crippen molar-refractivity contribution in [1.29, 1.82) is 0 Å². The zero-order valence-electron chi connectivity index (χ0n) is 17.0. The lowest BCUT2D eigenvalue weighted by molar-refractivity contribution is 0.282. The van der Waals surface area contributed by atoms with E-state index in [0.717, 1.165) is 12.8 Å². The highest BCUT2D eigenvalue weighted by atomic mass is 16.3. The Morgan fingerprint density at radius 1 is 0.320 bits per heavy atom. The van der Waals surface area contributed by atoms with Gasteiger partial charge in [0.2, 0.25) is 0 Å². The van der Waals surface area contributed by atoms with Crippen LogP contribution in [0.5, 0.6) is 0 Å². The third kappa shape index (κ3) is 23.9. The van der Waals surface area contributed by atoms with Crippen LogP contribution in [0.2, 0.25) is 0 Å². The van der Waals surface area contributed by atoms with E-state index in [1.165, 1.54) is 116 Å². The molecule has 0 radical (unpaired) electrons. The van der Waals surface area contributed by atoms with Crippen LogP contribution in [-0.4, -0.2) is 36.5 Å². The highest BCUT2D eigenvalue weighted by molar-refractivity contribution is 4.52. The quantitative estimate of drug-likeness (QED) is 0.222. The van der Waals surface area contributed by atoms with Gasteiger partial charge in [-0.15, -0.1) is 0 Å². The van der Waals surface area contributed by atoms with Gasteiger partial charge in [0.1, 0.15) is 0 Å². The molecule has 0 aliphatic carbocycles. The molecule has 0 aromatic heterocycles. The molecular weight excluding hydrogens is 310 g/mol. The van der Waals surface area contributed by atoms with E-state index in [2.05, 4.69) is 5.32 Å². The van der Waals surface area contributed by atoms with Gasteiger partial charge < -0.3 is 15.5 Å². The van der Waals surface area contributed by atoms with E-state index in [1.54, 1.807) is 0 Å². The van der Waals surface area contributed by atoms with Crippen molar-refractivity contribution in [3.8, 4) is 0 Å². The summed E-state index contributed by atoms with van der Waals surface area (Å²) in [5.41, 5.74) is 0. The summed E-state index contributed by atoms with van der Waals surface area (Å²) in [6.45, 7) is 3.09. The van der Waals surface area contributed by atoms with E-state index in [4.69, 9.17) is 10.2 Å². The van der Waals surface area contributed by atoms with Crippen LogP contribution in [0, 0.1) is 0 Å². The highest BCUT2D eigenvalue weighted by Gasteiger charge is 1.95. The van der Waals surface area contributed by atoms with Crippen molar-refractivity contribution in [2.45, 2.75) is 116 Å². The lowest BCUT2D eigenvalue weighted by Gasteiger charge is -2.05. The smallest absolute Gasteiger partial charge is 0.0431 e. The second kappa shape index (κ2) is 23.9. The molecule has 0 bridgehead atoms. The number of unbranched alkanes of at least 4 members (excludes halogenated alkanes) is 16. The minimum Gasteiger partial charge on any atom is -0.396 e. The van der Waals surface area contributed by atoms with Crippen molar-refractivity contribution in [3.05, 3.63) is 0 Å². The Kier molecular flexibility index (Phi) is 23.8. The van der Waals surface area contributed by atoms with Crippen LogP contribution in [-0.2, 0) is 0 Å². The number of nitrogens with one attached hydrogen (secondary N) is 1. The summed E-state index contributed by atoms with van der Waals surface area (Å²) in [4.78, 5) is 0. The number of rotatable bonds is 22. The summed E-state index contributed by atoms with van der Waals surface area (Å²) in [7, 11) is 0. The Balaban J connectivity index is 2.94. The standard InChI is InChI=1S/C22H47NO2/c24-21-17-13-9-6-4-2-1-3-5-7-11-15-19-23-20-16-12-8-10-14-18-22-25/h23-25H,1-22H2. The van der Waals surface area contributed by atoms with Crippen LogP contribution in [0.15, 0.2) is 0 Å². The van der Waals surface area contributed by atoms with E-state index in [0.29, 0.717) is 13.2 Å². The summed E-state index contributed by atoms with van der Waals surface area (Å²) >= 11 is 0. The van der Waals surface area contributed by atoms with E-state index < -0.39 is 0 Å². The van der Waals surface area contributed by atoms with Gasteiger partial charge in [0.25, 0.3) is 0 Å². The molecule has 0 heterocycles. The minimum atomic E-state index is 0.355. The normalized spacial score (nSPS) is 11.3. The van der Waals surface area contributed by atoms with Gasteiger partial charge in [-0.25, -0.2) is 0 Å². The van der Waals surface area contributed by atoms with Gasteiger partial charge in [-0.2, -0.15) is 0 Å². The molecule has 0 amide bonds. The van der Waals surface area contributed by atoms with Gasteiger partial charge in [0.05, 0.1) is 0 Å². The molecule has 25 heavy (non-hydrogen) atoms. The first-order valence-corrected chi connectivity index (χ1v) is 11.3. The summed E-state index contributed by atoms with van der Waals surface area (Å²) in [5.74, 6) is 0. The van der Waals surface area contributed by atoms with Crippen molar-refractivity contribution in [2.24, 2.45) is 0 Å². The minimum absolute atomic E-state index is 0.355. The fourth-order valence-corrected chi connectivity index (χ4v) is 3.32. The molecule has 0 saturated carbocycles. The molecule has 0 rings (SSSR count). The van der Waals surface area contributed by atoms with Crippen LogP contribution in [0.25, 0.3) is 0 Å². The Morgan fingerprint density at radius 3 is 0.840 bits per heavy atom. The Hall–Kier alpha value is -0.120. The highest BCUT2D eigenvalue weighted by Crippen LogP contribution is 2.11. The van der Waals surface area contributed by atoms with Crippen LogP contribution in [0.4, 0.5) is 0 Å². The predicted octanol–water partition coefficient (Wildman–Crippen LogP) is 5.58. The molecule has 0 atom stereocenters. The lowest BCUT2D eigenvalue weighted by Crippen LogP contribution is -2.16. The maximum absolute atomic E-state index is 8.71. The molecular formula is C22H47NO2. The summed E-state index contributed by atoms with van der Waals surface area (Å²) in [5, 5.41) is 21.0. The van der Waals surface area contributed by atoms with Gasteiger partial charge in [-0.3, -0.25) is 0 Å². The van der Waals surface area contributed by atoms with Crippen LogP contribution < -0.4 is 5.32 Å². The SMILES string of the molecule is OCCCCCCCCCCCCCCNCCCCCCCCO. The van der Waals surface area contributed by atoms with Crippen molar-refractivity contribution in [1.82, 2.24) is 5.32 Å². The number of hydrogen-bond acceptors (Lipinski definition) is 3. The number of hydrogen-bond donors (Lipinski definition) is 3. The maximum atomic E-state index is 8.71.